The average Bonchev–Trinajstić information content (AvgIpc) is 2.32. The van der Waals surface area contributed by atoms with Crippen LogP contribution in [-0.4, -0.2) is 9.78 Å². The molecular formula is C14H16N2OS. The molecule has 0 aliphatic rings. The van der Waals surface area contributed by atoms with Crippen LogP contribution in [0.1, 0.15) is 16.7 Å². The molecule has 1 aromatic heterocycles. The average molecular weight is 260 g/mol. The molecule has 0 aliphatic carbocycles. The van der Waals surface area contributed by atoms with Gasteiger partial charge in [-0.1, -0.05) is 23.8 Å². The van der Waals surface area contributed by atoms with Crippen molar-refractivity contribution in [2.75, 3.05) is 0 Å². The third-order valence-electron chi connectivity index (χ3n) is 2.97. The largest absolute Gasteiger partial charge is 0.270 e. The molecule has 0 saturated carbocycles. The summed E-state index contributed by atoms with van der Waals surface area (Å²) in [6, 6.07) is 8.03. The van der Waals surface area contributed by atoms with Gasteiger partial charge in [0.15, 0.2) is 0 Å². The molecule has 18 heavy (non-hydrogen) atoms. The van der Waals surface area contributed by atoms with Crippen LogP contribution in [0.4, 0.5) is 0 Å². The minimum atomic E-state index is -0.0847. The predicted molar refractivity (Wildman–Crippen MR) is 77.1 cm³/mol. The van der Waals surface area contributed by atoms with Gasteiger partial charge in [-0.3, -0.25) is 4.79 Å². The minimum absolute atomic E-state index is 0.0847. The number of hydrogen-bond acceptors (Lipinski definition) is 3. The molecular weight excluding hydrogens is 244 g/mol. The number of thiol groups is 1. The molecule has 94 valence electrons. The molecule has 4 heteroatoms. The second kappa shape index (κ2) is 4.98. The molecule has 0 aliphatic heterocycles. The fourth-order valence-electron chi connectivity index (χ4n) is 2.02. The van der Waals surface area contributed by atoms with Gasteiger partial charge in [-0.2, -0.15) is 17.7 Å². The normalized spacial score (nSPS) is 10.7. The smallest absolute Gasteiger partial charge is 0.267 e. The van der Waals surface area contributed by atoms with Crippen molar-refractivity contribution in [2.24, 2.45) is 7.05 Å². The number of hydrogen-bond donors (Lipinski definition) is 1. The van der Waals surface area contributed by atoms with E-state index >= 15 is 0 Å². The summed E-state index contributed by atoms with van der Waals surface area (Å²) >= 11 is 4.19. The molecule has 0 spiro atoms. The van der Waals surface area contributed by atoms with Gasteiger partial charge in [0.25, 0.3) is 5.56 Å². The molecule has 3 nitrogen and oxygen atoms in total. The summed E-state index contributed by atoms with van der Waals surface area (Å²) in [5.74, 6) is 0.424. The van der Waals surface area contributed by atoms with Gasteiger partial charge in [-0.15, -0.1) is 0 Å². The second-order valence-electron chi connectivity index (χ2n) is 4.46. The molecule has 1 heterocycles. The first-order valence-electron chi connectivity index (χ1n) is 5.78. The Morgan fingerprint density at radius 3 is 2.61 bits per heavy atom. The van der Waals surface area contributed by atoms with Crippen molar-refractivity contribution in [3.05, 3.63) is 51.3 Å². The lowest BCUT2D eigenvalue weighted by molar-refractivity contribution is 0.704. The van der Waals surface area contributed by atoms with Crippen LogP contribution in [0.2, 0.25) is 0 Å². The first-order chi connectivity index (χ1) is 8.52. The van der Waals surface area contributed by atoms with Crippen molar-refractivity contribution in [3.8, 4) is 11.3 Å². The maximum absolute atomic E-state index is 11.8. The Labute approximate surface area is 112 Å². The highest BCUT2D eigenvalue weighted by atomic mass is 32.1. The molecule has 0 unspecified atom stereocenters. The number of benzene rings is 1. The Bertz CT molecular complexity index is 647. The Morgan fingerprint density at radius 2 is 2.00 bits per heavy atom. The summed E-state index contributed by atoms with van der Waals surface area (Å²) in [6.45, 7) is 4.11. The van der Waals surface area contributed by atoms with E-state index in [0.29, 0.717) is 11.3 Å². The van der Waals surface area contributed by atoms with Gasteiger partial charge in [-0.25, -0.2) is 4.68 Å². The third-order valence-corrected chi connectivity index (χ3v) is 3.31. The fraction of sp³-hybridized carbons (Fsp3) is 0.286. The zero-order valence-corrected chi connectivity index (χ0v) is 11.7. The van der Waals surface area contributed by atoms with Crippen molar-refractivity contribution < 1.29 is 0 Å². The van der Waals surface area contributed by atoms with Crippen LogP contribution in [0, 0.1) is 13.8 Å². The summed E-state index contributed by atoms with van der Waals surface area (Å²) in [7, 11) is 1.67. The Hall–Kier alpha value is -1.55. The fourth-order valence-corrected chi connectivity index (χ4v) is 2.24. The second-order valence-corrected chi connectivity index (χ2v) is 4.78. The molecule has 1 aromatic carbocycles. The minimum Gasteiger partial charge on any atom is -0.267 e. The molecule has 2 aromatic rings. The topological polar surface area (TPSA) is 34.9 Å². The third kappa shape index (κ3) is 2.34. The molecule has 0 atom stereocenters. The van der Waals surface area contributed by atoms with Crippen LogP contribution in [0.5, 0.6) is 0 Å². The lowest BCUT2D eigenvalue weighted by Crippen LogP contribution is -2.23. The number of aryl methyl sites for hydroxylation is 3. The number of nitrogens with zero attached hydrogens (tertiary/aromatic N) is 2. The summed E-state index contributed by atoms with van der Waals surface area (Å²) in [5.41, 5.74) is 4.84. The summed E-state index contributed by atoms with van der Waals surface area (Å²) in [5, 5.41) is 4.31. The van der Waals surface area contributed by atoms with E-state index in [1.54, 1.807) is 7.05 Å². The molecule has 0 radical (unpaired) electrons. The van der Waals surface area contributed by atoms with Crippen LogP contribution >= 0.6 is 12.6 Å². The Morgan fingerprint density at radius 1 is 1.28 bits per heavy atom. The Balaban J connectivity index is 2.64. The molecule has 0 saturated heterocycles. The molecule has 0 amide bonds. The van der Waals surface area contributed by atoms with E-state index in [4.69, 9.17) is 0 Å². The van der Waals surface area contributed by atoms with Crippen LogP contribution in [0.25, 0.3) is 11.3 Å². The van der Waals surface area contributed by atoms with Crippen LogP contribution < -0.4 is 5.56 Å². The van der Waals surface area contributed by atoms with Crippen molar-refractivity contribution in [1.82, 2.24) is 9.78 Å². The van der Waals surface area contributed by atoms with Gasteiger partial charge < -0.3 is 0 Å². The van der Waals surface area contributed by atoms with Crippen LogP contribution in [-0.2, 0) is 12.8 Å². The van der Waals surface area contributed by atoms with Gasteiger partial charge in [-0.05, 0) is 25.5 Å². The summed E-state index contributed by atoms with van der Waals surface area (Å²) < 4.78 is 1.38. The summed E-state index contributed by atoms with van der Waals surface area (Å²) in [6.07, 6.45) is 0. The van der Waals surface area contributed by atoms with Crippen molar-refractivity contribution in [1.29, 1.82) is 0 Å². The standard InChI is InChI=1S/C14H16N2OS/c1-9-4-5-12(10(2)6-9)13-7-11(8-18)14(17)16(3)15-13/h4-7,18H,8H2,1-3H3. The lowest BCUT2D eigenvalue weighted by Gasteiger charge is -2.09. The van der Waals surface area contributed by atoms with Crippen molar-refractivity contribution in [3.63, 3.8) is 0 Å². The highest BCUT2D eigenvalue weighted by Crippen LogP contribution is 2.22. The maximum Gasteiger partial charge on any atom is 0.270 e. The van der Waals surface area contributed by atoms with Gasteiger partial charge in [0, 0.05) is 23.9 Å². The van der Waals surface area contributed by atoms with Gasteiger partial charge in [0.1, 0.15) is 0 Å². The first kappa shape index (κ1) is 12.9. The predicted octanol–water partition coefficient (Wildman–Crippen LogP) is 2.49. The van der Waals surface area contributed by atoms with E-state index in [1.807, 2.05) is 12.1 Å². The highest BCUT2D eigenvalue weighted by molar-refractivity contribution is 7.79. The van der Waals surface area contributed by atoms with Crippen LogP contribution in [0.15, 0.2) is 29.1 Å². The monoisotopic (exact) mass is 260 g/mol. The zero-order chi connectivity index (χ0) is 13.3. The van der Waals surface area contributed by atoms with Crippen molar-refractivity contribution >= 4 is 12.6 Å². The van der Waals surface area contributed by atoms with Gasteiger partial charge in [0.2, 0.25) is 0 Å². The van der Waals surface area contributed by atoms with Gasteiger partial charge >= 0.3 is 0 Å². The van der Waals surface area contributed by atoms with E-state index in [-0.39, 0.29) is 5.56 Å². The Kier molecular flexibility index (Phi) is 3.57. The molecule has 0 bridgehead atoms. The zero-order valence-electron chi connectivity index (χ0n) is 10.8. The number of rotatable bonds is 2. The van der Waals surface area contributed by atoms with Crippen LogP contribution in [0.3, 0.4) is 0 Å². The first-order valence-corrected chi connectivity index (χ1v) is 6.42. The lowest BCUT2D eigenvalue weighted by atomic mass is 10.0. The molecule has 2 rings (SSSR count). The van der Waals surface area contributed by atoms with Crippen molar-refractivity contribution in [2.45, 2.75) is 19.6 Å². The maximum atomic E-state index is 11.8. The SMILES string of the molecule is Cc1ccc(-c2cc(CS)c(=O)n(C)n2)c(C)c1. The van der Waals surface area contributed by atoms with Gasteiger partial charge in [0.05, 0.1) is 5.69 Å². The van der Waals surface area contributed by atoms with E-state index in [9.17, 15) is 4.79 Å². The number of aromatic nitrogens is 2. The highest BCUT2D eigenvalue weighted by Gasteiger charge is 2.08. The molecule has 0 N–H and O–H groups in total. The van der Waals surface area contributed by atoms with E-state index in [1.165, 1.54) is 10.2 Å². The molecule has 0 fully saturated rings. The summed E-state index contributed by atoms with van der Waals surface area (Å²) in [4.78, 5) is 11.8. The van der Waals surface area contributed by atoms with E-state index in [0.717, 1.165) is 16.8 Å². The quantitative estimate of drug-likeness (QED) is 0.842. The van der Waals surface area contributed by atoms with E-state index in [2.05, 4.69) is 43.7 Å². The van der Waals surface area contributed by atoms with E-state index < -0.39 is 0 Å².